The van der Waals surface area contributed by atoms with Crippen molar-refractivity contribution >= 4 is 17.5 Å². The largest absolute Gasteiger partial charge is 0.497 e. The number of hydrogen-bond acceptors (Lipinski definition) is 7. The van der Waals surface area contributed by atoms with Crippen LogP contribution in [0.1, 0.15) is 19.3 Å². The number of rotatable bonds is 6. The van der Waals surface area contributed by atoms with Gasteiger partial charge in [0.1, 0.15) is 11.9 Å². The first kappa shape index (κ1) is 20.9. The summed E-state index contributed by atoms with van der Waals surface area (Å²) in [6.07, 6.45) is 4.72. The van der Waals surface area contributed by atoms with Crippen molar-refractivity contribution in [1.82, 2.24) is 14.9 Å². The van der Waals surface area contributed by atoms with E-state index in [0.717, 1.165) is 18.5 Å². The Morgan fingerprint density at radius 2 is 1.97 bits per heavy atom. The summed E-state index contributed by atoms with van der Waals surface area (Å²) in [5.74, 6) is 1.000. The SMILES string of the molecule is COc1cccc(N2CC(C(=O)N3CCCC(Oc4cncc(OC)n4)C3)CC2=O)c1. The van der Waals surface area contributed by atoms with E-state index in [-0.39, 0.29) is 30.3 Å². The highest BCUT2D eigenvalue weighted by Gasteiger charge is 2.38. The molecule has 2 unspecified atom stereocenters. The Kier molecular flexibility index (Phi) is 6.20. The second-order valence-electron chi connectivity index (χ2n) is 7.67. The van der Waals surface area contributed by atoms with E-state index < -0.39 is 0 Å². The van der Waals surface area contributed by atoms with E-state index in [1.165, 1.54) is 19.5 Å². The van der Waals surface area contributed by atoms with Crippen LogP contribution in [0.25, 0.3) is 0 Å². The zero-order chi connectivity index (χ0) is 21.8. The number of benzene rings is 1. The summed E-state index contributed by atoms with van der Waals surface area (Å²) in [4.78, 5) is 37.5. The average Bonchev–Trinajstić information content (AvgIpc) is 3.20. The van der Waals surface area contributed by atoms with Crippen molar-refractivity contribution in [2.45, 2.75) is 25.4 Å². The zero-order valence-corrected chi connectivity index (χ0v) is 17.7. The molecule has 3 heterocycles. The van der Waals surface area contributed by atoms with Crippen molar-refractivity contribution in [1.29, 1.82) is 0 Å². The molecule has 164 valence electrons. The van der Waals surface area contributed by atoms with Gasteiger partial charge in [0.25, 0.3) is 0 Å². The monoisotopic (exact) mass is 426 g/mol. The van der Waals surface area contributed by atoms with E-state index in [0.29, 0.717) is 37.1 Å². The highest BCUT2D eigenvalue weighted by Crippen LogP contribution is 2.29. The quantitative estimate of drug-likeness (QED) is 0.696. The maximum absolute atomic E-state index is 13.2. The van der Waals surface area contributed by atoms with Crippen LogP contribution >= 0.6 is 0 Å². The third-order valence-electron chi connectivity index (χ3n) is 5.62. The molecule has 9 heteroatoms. The van der Waals surface area contributed by atoms with Crippen molar-refractivity contribution in [2.24, 2.45) is 5.92 Å². The molecule has 0 spiro atoms. The second kappa shape index (κ2) is 9.20. The fourth-order valence-corrected chi connectivity index (χ4v) is 4.05. The standard InChI is InChI=1S/C22H26N4O5/c1-29-17-6-3-5-16(10-17)26-13-15(9-21(26)27)22(28)25-8-4-7-18(14-25)31-20-12-23-11-19(24-20)30-2/h3,5-6,10-12,15,18H,4,7-9,13-14H2,1-2H3. The van der Waals surface area contributed by atoms with Gasteiger partial charge >= 0.3 is 0 Å². The third-order valence-corrected chi connectivity index (χ3v) is 5.62. The predicted octanol–water partition coefficient (Wildman–Crippen LogP) is 1.92. The maximum atomic E-state index is 13.2. The fourth-order valence-electron chi connectivity index (χ4n) is 4.05. The summed E-state index contributed by atoms with van der Waals surface area (Å²) < 4.78 is 16.3. The number of ether oxygens (including phenoxy) is 3. The van der Waals surface area contributed by atoms with Crippen LogP contribution in [0.5, 0.6) is 17.5 Å². The van der Waals surface area contributed by atoms with E-state index in [9.17, 15) is 9.59 Å². The lowest BCUT2D eigenvalue weighted by Crippen LogP contribution is -2.47. The molecule has 2 aromatic rings. The summed E-state index contributed by atoms with van der Waals surface area (Å²) in [7, 11) is 3.11. The molecule has 9 nitrogen and oxygen atoms in total. The molecule has 2 aliphatic heterocycles. The van der Waals surface area contributed by atoms with Gasteiger partial charge in [0, 0.05) is 31.3 Å². The molecular weight excluding hydrogens is 400 g/mol. The topological polar surface area (TPSA) is 94.1 Å². The van der Waals surface area contributed by atoms with Gasteiger partial charge in [-0.2, -0.15) is 4.98 Å². The lowest BCUT2D eigenvalue weighted by Gasteiger charge is -2.34. The van der Waals surface area contributed by atoms with Gasteiger partial charge in [-0.15, -0.1) is 0 Å². The zero-order valence-electron chi connectivity index (χ0n) is 17.7. The molecule has 4 rings (SSSR count). The van der Waals surface area contributed by atoms with Gasteiger partial charge in [0.15, 0.2) is 0 Å². The number of likely N-dealkylation sites (tertiary alicyclic amines) is 1. The Hall–Kier alpha value is -3.36. The molecule has 1 aromatic carbocycles. The molecule has 2 saturated heterocycles. The van der Waals surface area contributed by atoms with Crippen LogP contribution in [0.2, 0.25) is 0 Å². The lowest BCUT2D eigenvalue weighted by atomic mass is 10.0. The molecule has 1 aromatic heterocycles. The Balaban J connectivity index is 1.39. The van der Waals surface area contributed by atoms with Crippen molar-refractivity contribution < 1.29 is 23.8 Å². The summed E-state index contributed by atoms with van der Waals surface area (Å²) in [5.41, 5.74) is 0.746. The summed E-state index contributed by atoms with van der Waals surface area (Å²) in [5, 5.41) is 0. The molecule has 31 heavy (non-hydrogen) atoms. The van der Waals surface area contributed by atoms with Crippen molar-refractivity contribution in [3.8, 4) is 17.5 Å². The normalized spacial score (nSPS) is 21.2. The number of methoxy groups -OCH3 is 2. The van der Waals surface area contributed by atoms with Gasteiger partial charge in [-0.1, -0.05) is 6.07 Å². The van der Waals surface area contributed by atoms with Crippen LogP contribution in [-0.4, -0.2) is 66.6 Å². The minimum atomic E-state index is -0.367. The first-order valence-electron chi connectivity index (χ1n) is 10.3. The summed E-state index contributed by atoms with van der Waals surface area (Å²) in [6.45, 7) is 1.49. The predicted molar refractivity (Wildman–Crippen MR) is 112 cm³/mol. The number of carbonyl (C=O) groups excluding carboxylic acids is 2. The highest BCUT2D eigenvalue weighted by molar-refractivity contribution is 6.00. The van der Waals surface area contributed by atoms with Crippen molar-refractivity contribution in [3.63, 3.8) is 0 Å². The Morgan fingerprint density at radius 1 is 1.13 bits per heavy atom. The van der Waals surface area contributed by atoms with Crippen molar-refractivity contribution in [2.75, 3.05) is 38.8 Å². The number of aromatic nitrogens is 2. The number of hydrogen-bond donors (Lipinski definition) is 0. The molecule has 2 atom stereocenters. The Bertz CT molecular complexity index is 953. The molecule has 2 amide bonds. The number of amides is 2. The first-order chi connectivity index (χ1) is 15.1. The van der Waals surface area contributed by atoms with E-state index >= 15 is 0 Å². The molecule has 0 aliphatic carbocycles. The summed E-state index contributed by atoms with van der Waals surface area (Å²) in [6, 6.07) is 7.33. The molecular formula is C22H26N4O5. The number of nitrogens with zero attached hydrogens (tertiary/aromatic N) is 4. The number of carbonyl (C=O) groups is 2. The van der Waals surface area contributed by atoms with Crippen molar-refractivity contribution in [3.05, 3.63) is 36.7 Å². The van der Waals surface area contributed by atoms with Gasteiger partial charge < -0.3 is 24.0 Å². The van der Waals surface area contributed by atoms with Gasteiger partial charge in [-0.25, -0.2) is 0 Å². The second-order valence-corrected chi connectivity index (χ2v) is 7.67. The van der Waals surface area contributed by atoms with Gasteiger partial charge in [0.05, 0.1) is 39.1 Å². The number of piperidine rings is 1. The molecule has 0 N–H and O–H groups in total. The van der Waals surface area contributed by atoms with Crippen LogP contribution < -0.4 is 19.1 Å². The van der Waals surface area contributed by atoms with E-state index in [4.69, 9.17) is 14.2 Å². The summed E-state index contributed by atoms with van der Waals surface area (Å²) >= 11 is 0. The van der Waals surface area contributed by atoms with Crippen LogP contribution in [0, 0.1) is 5.92 Å². The molecule has 2 fully saturated rings. The maximum Gasteiger partial charge on any atom is 0.235 e. The highest BCUT2D eigenvalue weighted by atomic mass is 16.5. The van der Waals surface area contributed by atoms with Crippen LogP contribution in [0.15, 0.2) is 36.7 Å². The van der Waals surface area contributed by atoms with Gasteiger partial charge in [-0.3, -0.25) is 14.6 Å². The molecule has 0 saturated carbocycles. The smallest absolute Gasteiger partial charge is 0.235 e. The van der Waals surface area contributed by atoms with Gasteiger partial charge in [0.2, 0.25) is 23.6 Å². The lowest BCUT2D eigenvalue weighted by molar-refractivity contribution is -0.138. The van der Waals surface area contributed by atoms with Crippen LogP contribution in [0.3, 0.4) is 0 Å². The third kappa shape index (κ3) is 4.70. The van der Waals surface area contributed by atoms with Gasteiger partial charge in [-0.05, 0) is 25.0 Å². The Labute approximate surface area is 180 Å². The molecule has 0 radical (unpaired) electrons. The first-order valence-corrected chi connectivity index (χ1v) is 10.3. The van der Waals surface area contributed by atoms with Crippen LogP contribution in [0.4, 0.5) is 5.69 Å². The molecule has 0 bridgehead atoms. The minimum Gasteiger partial charge on any atom is -0.497 e. The number of anilines is 1. The van der Waals surface area contributed by atoms with E-state index in [1.54, 1.807) is 16.9 Å². The fraction of sp³-hybridized carbons (Fsp3) is 0.455. The molecule has 2 aliphatic rings. The minimum absolute atomic E-state index is 0.0104. The van der Waals surface area contributed by atoms with E-state index in [1.807, 2.05) is 24.3 Å². The van der Waals surface area contributed by atoms with E-state index in [2.05, 4.69) is 9.97 Å². The Morgan fingerprint density at radius 3 is 2.77 bits per heavy atom. The average molecular weight is 426 g/mol. The van der Waals surface area contributed by atoms with Crippen LogP contribution in [-0.2, 0) is 9.59 Å².